The first-order valence-electron chi connectivity index (χ1n) is 6.96. The van der Waals surface area contributed by atoms with Crippen molar-refractivity contribution in [3.63, 3.8) is 0 Å². The van der Waals surface area contributed by atoms with Crippen molar-refractivity contribution >= 4 is 5.69 Å². The van der Waals surface area contributed by atoms with Crippen molar-refractivity contribution in [2.75, 3.05) is 5.32 Å². The van der Waals surface area contributed by atoms with Gasteiger partial charge < -0.3 is 5.32 Å². The summed E-state index contributed by atoms with van der Waals surface area (Å²) in [5, 5.41) is 3.15. The second-order valence-corrected chi connectivity index (χ2v) is 5.41. The third-order valence-electron chi connectivity index (χ3n) is 4.07. The van der Waals surface area contributed by atoms with Crippen molar-refractivity contribution in [2.45, 2.75) is 31.7 Å². The van der Waals surface area contributed by atoms with Crippen LogP contribution in [0.15, 0.2) is 42.5 Å². The number of nitrogens with one attached hydrogen (secondary N) is 1. The molecule has 0 aromatic heterocycles. The highest BCUT2D eigenvalue weighted by atomic mass is 19.2. The van der Waals surface area contributed by atoms with Gasteiger partial charge in [-0.25, -0.2) is 8.78 Å². The van der Waals surface area contributed by atoms with Crippen LogP contribution >= 0.6 is 0 Å². The van der Waals surface area contributed by atoms with Gasteiger partial charge in [-0.05, 0) is 42.0 Å². The first-order valence-corrected chi connectivity index (χ1v) is 6.96. The van der Waals surface area contributed by atoms with E-state index in [9.17, 15) is 8.78 Å². The minimum atomic E-state index is -0.813. The van der Waals surface area contributed by atoms with E-state index in [4.69, 9.17) is 0 Å². The van der Waals surface area contributed by atoms with Crippen LogP contribution in [0.1, 0.15) is 42.9 Å². The number of anilines is 1. The molecule has 0 heterocycles. The Kier molecular flexibility index (Phi) is 3.43. The molecule has 2 atom stereocenters. The Hall–Kier alpha value is -1.90. The predicted octanol–water partition coefficient (Wildman–Crippen LogP) is 5.02. The first-order chi connectivity index (χ1) is 9.66. The van der Waals surface area contributed by atoms with Crippen LogP contribution in [0, 0.1) is 11.6 Å². The fourth-order valence-electron chi connectivity index (χ4n) is 2.96. The average molecular weight is 273 g/mol. The Morgan fingerprint density at radius 1 is 0.950 bits per heavy atom. The van der Waals surface area contributed by atoms with E-state index in [2.05, 4.69) is 24.4 Å². The maximum Gasteiger partial charge on any atom is 0.181 e. The van der Waals surface area contributed by atoms with E-state index >= 15 is 0 Å². The number of halogens is 2. The van der Waals surface area contributed by atoms with E-state index in [1.807, 2.05) is 12.1 Å². The van der Waals surface area contributed by atoms with Crippen molar-refractivity contribution < 1.29 is 8.78 Å². The summed E-state index contributed by atoms with van der Waals surface area (Å²) in [7, 11) is 0. The van der Waals surface area contributed by atoms with Crippen molar-refractivity contribution in [2.24, 2.45) is 0 Å². The lowest BCUT2D eigenvalue weighted by atomic mass is 9.81. The molecule has 0 fully saturated rings. The zero-order valence-corrected chi connectivity index (χ0v) is 11.4. The number of fused-ring (bicyclic) bond motifs is 1. The molecule has 1 N–H and O–H groups in total. The smallest absolute Gasteiger partial charge is 0.181 e. The molecular formula is C17H17F2N. The lowest BCUT2D eigenvalue weighted by molar-refractivity contribution is 0.502. The maximum absolute atomic E-state index is 13.8. The second kappa shape index (κ2) is 5.23. The van der Waals surface area contributed by atoms with Gasteiger partial charge in [0.1, 0.15) is 0 Å². The monoisotopic (exact) mass is 273 g/mol. The molecule has 104 valence electrons. The third kappa shape index (κ3) is 2.28. The summed E-state index contributed by atoms with van der Waals surface area (Å²) in [5.41, 5.74) is 2.72. The molecule has 0 saturated heterocycles. The molecule has 0 saturated carbocycles. The van der Waals surface area contributed by atoms with Crippen molar-refractivity contribution in [3.05, 3.63) is 65.2 Å². The topological polar surface area (TPSA) is 12.0 Å². The minimum Gasteiger partial charge on any atom is -0.376 e. The molecule has 1 nitrogen and oxygen atoms in total. The van der Waals surface area contributed by atoms with Crippen LogP contribution in [0.4, 0.5) is 14.5 Å². The van der Waals surface area contributed by atoms with Gasteiger partial charge in [-0.3, -0.25) is 0 Å². The molecule has 0 bridgehead atoms. The van der Waals surface area contributed by atoms with Gasteiger partial charge >= 0.3 is 0 Å². The zero-order valence-electron chi connectivity index (χ0n) is 11.4. The summed E-state index contributed by atoms with van der Waals surface area (Å²) >= 11 is 0. The van der Waals surface area contributed by atoms with Crippen LogP contribution in [0.5, 0.6) is 0 Å². The second-order valence-electron chi connectivity index (χ2n) is 5.41. The van der Waals surface area contributed by atoms with Crippen LogP contribution in [0.25, 0.3) is 0 Å². The quantitative estimate of drug-likeness (QED) is 0.810. The number of hydrogen-bond acceptors (Lipinski definition) is 1. The number of rotatable bonds is 2. The summed E-state index contributed by atoms with van der Waals surface area (Å²) in [6, 6.07) is 12.5. The summed E-state index contributed by atoms with van der Waals surface area (Å²) in [6.07, 6.45) is 1.97. The van der Waals surface area contributed by atoms with Crippen LogP contribution in [-0.4, -0.2) is 0 Å². The molecule has 0 amide bonds. The number of benzene rings is 2. The van der Waals surface area contributed by atoms with Gasteiger partial charge in [0.25, 0.3) is 0 Å². The van der Waals surface area contributed by atoms with Crippen LogP contribution in [0.3, 0.4) is 0 Å². The predicted molar refractivity (Wildman–Crippen MR) is 76.8 cm³/mol. The van der Waals surface area contributed by atoms with E-state index in [-0.39, 0.29) is 11.7 Å². The van der Waals surface area contributed by atoms with Gasteiger partial charge in [-0.1, -0.05) is 37.3 Å². The van der Waals surface area contributed by atoms with Gasteiger partial charge in [0.2, 0.25) is 0 Å². The highest BCUT2D eigenvalue weighted by Gasteiger charge is 2.25. The zero-order chi connectivity index (χ0) is 14.1. The molecule has 1 aliphatic carbocycles. The normalized spacial score (nSPS) is 21.4. The Labute approximate surface area is 117 Å². The lowest BCUT2D eigenvalue weighted by Crippen LogP contribution is -2.19. The SMILES string of the molecule is CC1CCC(Nc2cccc(F)c2F)c2ccccc21. The van der Waals surface area contributed by atoms with Crippen LogP contribution < -0.4 is 5.32 Å². The van der Waals surface area contributed by atoms with E-state index in [1.54, 1.807) is 6.07 Å². The summed E-state index contributed by atoms with van der Waals surface area (Å²) in [4.78, 5) is 0. The minimum absolute atomic E-state index is 0.0405. The Bertz CT molecular complexity index is 624. The fraction of sp³-hybridized carbons (Fsp3) is 0.294. The Balaban J connectivity index is 1.93. The largest absolute Gasteiger partial charge is 0.376 e. The van der Waals surface area contributed by atoms with Crippen molar-refractivity contribution in [3.8, 4) is 0 Å². The van der Waals surface area contributed by atoms with Gasteiger partial charge in [-0.15, -0.1) is 0 Å². The van der Waals surface area contributed by atoms with Crippen molar-refractivity contribution in [1.82, 2.24) is 0 Å². The van der Waals surface area contributed by atoms with E-state index in [0.717, 1.165) is 18.9 Å². The molecular weight excluding hydrogens is 256 g/mol. The molecule has 3 heteroatoms. The summed E-state index contributed by atoms with van der Waals surface area (Å²) < 4.78 is 27.0. The maximum atomic E-state index is 13.8. The fourth-order valence-corrected chi connectivity index (χ4v) is 2.96. The molecule has 1 aliphatic rings. The highest BCUT2D eigenvalue weighted by molar-refractivity contribution is 5.49. The molecule has 0 radical (unpaired) electrons. The van der Waals surface area contributed by atoms with Gasteiger partial charge in [0, 0.05) is 0 Å². The van der Waals surface area contributed by atoms with Crippen LogP contribution in [-0.2, 0) is 0 Å². The molecule has 20 heavy (non-hydrogen) atoms. The highest BCUT2D eigenvalue weighted by Crippen LogP contribution is 2.39. The average Bonchev–Trinajstić information content (AvgIpc) is 2.47. The molecule has 2 unspecified atom stereocenters. The number of hydrogen-bond donors (Lipinski definition) is 1. The first kappa shape index (κ1) is 13.1. The van der Waals surface area contributed by atoms with Gasteiger partial charge in [-0.2, -0.15) is 0 Å². The van der Waals surface area contributed by atoms with Gasteiger partial charge in [0.05, 0.1) is 11.7 Å². The standard InChI is InChI=1S/C17H17F2N/c1-11-9-10-15(13-6-3-2-5-12(11)13)20-16-8-4-7-14(18)17(16)19/h2-8,11,15,20H,9-10H2,1H3. The third-order valence-corrected chi connectivity index (χ3v) is 4.07. The Morgan fingerprint density at radius 3 is 2.50 bits per heavy atom. The summed E-state index contributed by atoms with van der Waals surface area (Å²) in [6.45, 7) is 2.21. The molecule has 0 aliphatic heterocycles. The lowest BCUT2D eigenvalue weighted by Gasteiger charge is -2.31. The van der Waals surface area contributed by atoms with Crippen molar-refractivity contribution in [1.29, 1.82) is 0 Å². The van der Waals surface area contributed by atoms with Crippen LogP contribution in [0.2, 0.25) is 0 Å². The van der Waals surface area contributed by atoms with E-state index in [1.165, 1.54) is 17.2 Å². The molecule has 3 rings (SSSR count). The van der Waals surface area contributed by atoms with Gasteiger partial charge in [0.15, 0.2) is 11.6 Å². The van der Waals surface area contributed by atoms with E-state index < -0.39 is 11.6 Å². The molecule has 0 spiro atoms. The molecule has 2 aromatic rings. The molecule has 2 aromatic carbocycles. The van der Waals surface area contributed by atoms with E-state index in [0.29, 0.717) is 5.92 Å². The Morgan fingerprint density at radius 2 is 1.70 bits per heavy atom. The summed E-state index contributed by atoms with van der Waals surface area (Å²) in [5.74, 6) is -1.10.